The molecule has 0 aliphatic carbocycles. The van der Waals surface area contributed by atoms with Gasteiger partial charge >= 0.3 is 0 Å². The Bertz CT molecular complexity index is 254. The minimum absolute atomic E-state index is 0.656. The molecule has 0 aliphatic heterocycles. The molecule has 0 saturated carbocycles. The standard InChI is InChI=1S/C13H25N3.C2H6/c1-5-7-9-16(10-8-14)13(6-2)15-11-12(3)4;1-2/h6,11H,3,5,7-10,14H2,1-2,4H3;1-2H3/b13-6+,15-11-;. The molecule has 0 saturated heterocycles. The second-order valence-corrected chi connectivity index (χ2v) is 3.88. The zero-order chi connectivity index (χ0) is 14.4. The fourth-order valence-electron chi connectivity index (χ4n) is 1.36. The SMILES string of the molecule is C=C(C)/C=N\C(=C/C)N(CCN)CCCC.CC. The molecule has 0 unspecified atom stereocenters. The average molecular weight is 253 g/mol. The highest BCUT2D eigenvalue weighted by molar-refractivity contribution is 5.77. The van der Waals surface area contributed by atoms with Gasteiger partial charge in [0.05, 0.1) is 0 Å². The lowest BCUT2D eigenvalue weighted by Gasteiger charge is -2.23. The zero-order valence-corrected chi connectivity index (χ0v) is 12.9. The van der Waals surface area contributed by atoms with E-state index in [4.69, 9.17) is 5.73 Å². The molecule has 18 heavy (non-hydrogen) atoms. The van der Waals surface area contributed by atoms with Crippen molar-refractivity contribution in [3.8, 4) is 0 Å². The quantitative estimate of drug-likeness (QED) is 0.672. The van der Waals surface area contributed by atoms with Crippen molar-refractivity contribution < 1.29 is 0 Å². The molecule has 0 fully saturated rings. The number of rotatable bonds is 8. The Balaban J connectivity index is 0. The Kier molecular flexibility index (Phi) is 14.9. The van der Waals surface area contributed by atoms with Gasteiger partial charge in [0.1, 0.15) is 5.82 Å². The summed E-state index contributed by atoms with van der Waals surface area (Å²) in [6, 6.07) is 0. The lowest BCUT2D eigenvalue weighted by molar-refractivity contribution is 0.342. The molecule has 0 rings (SSSR count). The van der Waals surface area contributed by atoms with E-state index in [0.29, 0.717) is 6.54 Å². The van der Waals surface area contributed by atoms with Crippen LogP contribution >= 0.6 is 0 Å². The maximum absolute atomic E-state index is 5.61. The molecule has 0 bridgehead atoms. The molecule has 0 radical (unpaired) electrons. The normalized spacial score (nSPS) is 11.1. The lowest BCUT2D eigenvalue weighted by atomic mass is 10.3. The fourth-order valence-corrected chi connectivity index (χ4v) is 1.36. The Morgan fingerprint density at radius 1 is 1.33 bits per heavy atom. The van der Waals surface area contributed by atoms with Crippen molar-refractivity contribution in [2.24, 2.45) is 10.7 Å². The molecule has 2 N–H and O–H groups in total. The highest BCUT2D eigenvalue weighted by atomic mass is 15.2. The van der Waals surface area contributed by atoms with Crippen LogP contribution in [-0.2, 0) is 0 Å². The van der Waals surface area contributed by atoms with E-state index in [-0.39, 0.29) is 0 Å². The summed E-state index contributed by atoms with van der Waals surface area (Å²) in [7, 11) is 0. The molecule has 106 valence electrons. The summed E-state index contributed by atoms with van der Waals surface area (Å²) in [5, 5.41) is 0. The maximum atomic E-state index is 5.61. The molecule has 3 heteroatoms. The van der Waals surface area contributed by atoms with Gasteiger partial charge in [-0.3, -0.25) is 0 Å². The highest BCUT2D eigenvalue weighted by Crippen LogP contribution is 2.07. The first-order chi connectivity index (χ1) is 8.65. The predicted molar refractivity (Wildman–Crippen MR) is 83.9 cm³/mol. The topological polar surface area (TPSA) is 41.6 Å². The number of hydrogen-bond acceptors (Lipinski definition) is 3. The van der Waals surface area contributed by atoms with E-state index in [9.17, 15) is 0 Å². The molecule has 0 aromatic rings. The van der Waals surface area contributed by atoms with Crippen molar-refractivity contribution in [3.63, 3.8) is 0 Å². The summed E-state index contributed by atoms with van der Waals surface area (Å²) >= 11 is 0. The van der Waals surface area contributed by atoms with Gasteiger partial charge < -0.3 is 10.6 Å². The van der Waals surface area contributed by atoms with Gasteiger partial charge in [-0.15, -0.1) is 0 Å². The third-order valence-electron chi connectivity index (χ3n) is 2.18. The van der Waals surface area contributed by atoms with Crippen LogP contribution in [0.25, 0.3) is 0 Å². The van der Waals surface area contributed by atoms with Crippen LogP contribution in [0.15, 0.2) is 29.0 Å². The van der Waals surface area contributed by atoms with E-state index in [1.165, 1.54) is 12.8 Å². The van der Waals surface area contributed by atoms with Crippen LogP contribution in [0, 0.1) is 0 Å². The number of unbranched alkanes of at least 4 members (excludes halogenated alkanes) is 1. The average Bonchev–Trinajstić information content (AvgIpc) is 2.38. The molecule has 3 nitrogen and oxygen atoms in total. The molecule has 0 spiro atoms. The van der Waals surface area contributed by atoms with Crippen LogP contribution in [0.5, 0.6) is 0 Å². The van der Waals surface area contributed by atoms with Gasteiger partial charge in [0.2, 0.25) is 0 Å². The van der Waals surface area contributed by atoms with Crippen LogP contribution in [0.2, 0.25) is 0 Å². The first-order valence-corrected chi connectivity index (χ1v) is 6.96. The minimum Gasteiger partial charge on any atom is -0.356 e. The van der Waals surface area contributed by atoms with Crippen molar-refractivity contribution >= 4 is 6.21 Å². The zero-order valence-electron chi connectivity index (χ0n) is 12.9. The first kappa shape index (κ1) is 19.3. The Morgan fingerprint density at radius 2 is 1.94 bits per heavy atom. The third-order valence-corrected chi connectivity index (χ3v) is 2.18. The van der Waals surface area contributed by atoms with E-state index in [2.05, 4.69) is 23.4 Å². The van der Waals surface area contributed by atoms with Crippen molar-refractivity contribution in [2.45, 2.75) is 47.5 Å². The van der Waals surface area contributed by atoms with E-state index in [1.807, 2.05) is 33.8 Å². The van der Waals surface area contributed by atoms with E-state index >= 15 is 0 Å². The van der Waals surface area contributed by atoms with Crippen LogP contribution in [0.4, 0.5) is 0 Å². The van der Waals surface area contributed by atoms with Crippen LogP contribution in [0.1, 0.15) is 47.5 Å². The summed E-state index contributed by atoms with van der Waals surface area (Å²) in [6.07, 6.45) is 6.16. The first-order valence-electron chi connectivity index (χ1n) is 6.96. The fraction of sp³-hybridized carbons (Fsp3) is 0.667. The van der Waals surface area contributed by atoms with E-state index in [0.717, 1.165) is 24.5 Å². The maximum Gasteiger partial charge on any atom is 0.124 e. The number of aliphatic imine (C=N–C) groups is 1. The second kappa shape index (κ2) is 14.0. The molecular formula is C15H31N3. The minimum atomic E-state index is 0.656. The van der Waals surface area contributed by atoms with Crippen LogP contribution < -0.4 is 5.73 Å². The Hall–Kier alpha value is -1.09. The molecule has 0 heterocycles. The van der Waals surface area contributed by atoms with Crippen LogP contribution in [-0.4, -0.2) is 30.7 Å². The van der Waals surface area contributed by atoms with Gasteiger partial charge in [-0.25, -0.2) is 4.99 Å². The number of hydrogen-bond donors (Lipinski definition) is 1. The molecular weight excluding hydrogens is 222 g/mol. The van der Waals surface area contributed by atoms with E-state index in [1.54, 1.807) is 6.21 Å². The van der Waals surface area contributed by atoms with E-state index < -0.39 is 0 Å². The van der Waals surface area contributed by atoms with Crippen molar-refractivity contribution in [1.29, 1.82) is 0 Å². The molecule has 0 aromatic carbocycles. The van der Waals surface area contributed by atoms with Crippen LogP contribution in [0.3, 0.4) is 0 Å². The van der Waals surface area contributed by atoms with Gasteiger partial charge in [-0.1, -0.05) is 33.8 Å². The smallest absolute Gasteiger partial charge is 0.124 e. The lowest BCUT2D eigenvalue weighted by Crippen LogP contribution is -2.29. The summed E-state index contributed by atoms with van der Waals surface area (Å²) in [4.78, 5) is 6.65. The van der Waals surface area contributed by atoms with Gasteiger partial charge in [-0.05, 0) is 31.9 Å². The molecule has 0 atom stereocenters. The molecule has 0 amide bonds. The van der Waals surface area contributed by atoms with Crippen molar-refractivity contribution in [1.82, 2.24) is 4.90 Å². The highest BCUT2D eigenvalue weighted by Gasteiger charge is 2.05. The number of nitrogens with zero attached hydrogens (tertiary/aromatic N) is 2. The summed E-state index contributed by atoms with van der Waals surface area (Å²) < 4.78 is 0. The summed E-state index contributed by atoms with van der Waals surface area (Å²) in [5.41, 5.74) is 6.57. The second-order valence-electron chi connectivity index (χ2n) is 3.88. The van der Waals surface area contributed by atoms with Gasteiger partial charge in [0, 0.05) is 25.8 Å². The van der Waals surface area contributed by atoms with Gasteiger partial charge in [-0.2, -0.15) is 0 Å². The molecule has 0 aliphatic rings. The summed E-state index contributed by atoms with van der Waals surface area (Å²) in [6.45, 7) is 16.5. The van der Waals surface area contributed by atoms with Crippen molar-refractivity contribution in [2.75, 3.05) is 19.6 Å². The summed E-state index contributed by atoms with van der Waals surface area (Å²) in [5.74, 6) is 0.988. The Labute approximate surface area is 113 Å². The number of allylic oxidation sites excluding steroid dienone is 2. The van der Waals surface area contributed by atoms with Crippen molar-refractivity contribution in [3.05, 3.63) is 24.0 Å². The molecule has 0 aromatic heterocycles. The predicted octanol–water partition coefficient (Wildman–Crippen LogP) is 3.58. The third kappa shape index (κ3) is 10.1. The number of nitrogens with two attached hydrogens (primary N) is 1. The van der Waals surface area contributed by atoms with Gasteiger partial charge in [0.25, 0.3) is 0 Å². The van der Waals surface area contributed by atoms with Gasteiger partial charge in [0.15, 0.2) is 0 Å². The monoisotopic (exact) mass is 253 g/mol. The largest absolute Gasteiger partial charge is 0.356 e. The Morgan fingerprint density at radius 3 is 2.33 bits per heavy atom.